The molecule has 2 heterocycles. The van der Waals surface area contributed by atoms with Crippen LogP contribution in [0, 0.1) is 0 Å². The van der Waals surface area contributed by atoms with Crippen LogP contribution >= 0.6 is 11.3 Å². The van der Waals surface area contributed by atoms with Crippen LogP contribution in [-0.4, -0.2) is 15.2 Å². The third-order valence-corrected chi connectivity index (χ3v) is 3.10. The molecule has 0 aliphatic carbocycles. The van der Waals surface area contributed by atoms with E-state index < -0.39 is 0 Å². The molecule has 0 aromatic carbocycles. The second-order valence-corrected chi connectivity index (χ2v) is 4.97. The third-order valence-electron chi connectivity index (χ3n) is 1.72. The maximum absolute atomic E-state index is 4.50. The molecule has 0 aliphatic rings. The van der Waals surface area contributed by atoms with Crippen LogP contribution in [0.15, 0.2) is 12.3 Å². The Morgan fingerprint density at radius 2 is 2.08 bits per heavy atom. The molecule has 3 nitrogen and oxygen atoms in total. The summed E-state index contributed by atoms with van der Waals surface area (Å²) < 4.78 is 0. The topological polar surface area (TPSA) is 38.7 Å². The summed E-state index contributed by atoms with van der Waals surface area (Å²) in [4.78, 5) is 5.42. The van der Waals surface area contributed by atoms with E-state index in [0.29, 0.717) is 0 Å². The highest BCUT2D eigenvalue weighted by molar-refractivity contribution is 7.18. The van der Waals surface area contributed by atoms with Crippen molar-refractivity contribution in [2.24, 2.45) is 0 Å². The highest BCUT2D eigenvalue weighted by Gasteiger charge is 2.18. The fourth-order valence-electron chi connectivity index (χ4n) is 1.01. The SMILES string of the molecule is CC(C)(C)c1nc2ccnnc2s1. The zero-order valence-electron chi connectivity index (χ0n) is 7.90. The summed E-state index contributed by atoms with van der Waals surface area (Å²) in [6, 6.07) is 1.90. The van der Waals surface area contributed by atoms with Gasteiger partial charge in [-0.15, -0.1) is 5.10 Å². The van der Waals surface area contributed by atoms with Crippen LogP contribution in [0.4, 0.5) is 0 Å². The van der Waals surface area contributed by atoms with Gasteiger partial charge in [-0.25, -0.2) is 4.98 Å². The van der Waals surface area contributed by atoms with E-state index in [2.05, 4.69) is 36.0 Å². The fourth-order valence-corrected chi connectivity index (χ4v) is 1.95. The first-order chi connectivity index (χ1) is 6.07. The summed E-state index contributed by atoms with van der Waals surface area (Å²) in [7, 11) is 0. The molecular formula is C9H11N3S. The van der Waals surface area contributed by atoms with Gasteiger partial charge in [-0.1, -0.05) is 32.1 Å². The second kappa shape index (κ2) is 2.73. The lowest BCUT2D eigenvalue weighted by atomic mass is 9.98. The Labute approximate surface area is 80.8 Å². The lowest BCUT2D eigenvalue weighted by molar-refractivity contribution is 0.587. The van der Waals surface area contributed by atoms with Gasteiger partial charge in [0, 0.05) is 5.41 Å². The van der Waals surface area contributed by atoms with Crippen LogP contribution in [0.1, 0.15) is 25.8 Å². The van der Waals surface area contributed by atoms with Crippen LogP contribution in [0.25, 0.3) is 10.3 Å². The number of fused-ring (bicyclic) bond motifs is 1. The fraction of sp³-hybridized carbons (Fsp3) is 0.444. The maximum Gasteiger partial charge on any atom is 0.166 e. The normalized spacial score (nSPS) is 12.2. The molecule has 68 valence electrons. The van der Waals surface area contributed by atoms with Crippen molar-refractivity contribution in [3.05, 3.63) is 17.3 Å². The van der Waals surface area contributed by atoms with Crippen molar-refractivity contribution in [3.63, 3.8) is 0 Å². The van der Waals surface area contributed by atoms with E-state index in [1.807, 2.05) is 6.07 Å². The molecule has 0 radical (unpaired) electrons. The van der Waals surface area contributed by atoms with Gasteiger partial charge in [0.25, 0.3) is 0 Å². The molecule has 13 heavy (non-hydrogen) atoms. The molecule has 0 bridgehead atoms. The zero-order valence-corrected chi connectivity index (χ0v) is 8.72. The Bertz CT molecular complexity index is 395. The summed E-state index contributed by atoms with van der Waals surface area (Å²) >= 11 is 1.62. The van der Waals surface area contributed by atoms with Crippen LogP contribution < -0.4 is 0 Å². The number of thiazole rings is 1. The Morgan fingerprint density at radius 3 is 2.69 bits per heavy atom. The Morgan fingerprint density at radius 1 is 1.31 bits per heavy atom. The van der Waals surface area contributed by atoms with Gasteiger partial charge in [-0.2, -0.15) is 5.10 Å². The van der Waals surface area contributed by atoms with Crippen molar-refractivity contribution < 1.29 is 0 Å². The minimum atomic E-state index is 0.103. The van der Waals surface area contributed by atoms with Gasteiger partial charge in [0.2, 0.25) is 0 Å². The van der Waals surface area contributed by atoms with Crippen molar-refractivity contribution in [3.8, 4) is 0 Å². The second-order valence-electron chi connectivity index (χ2n) is 3.99. The quantitative estimate of drug-likeness (QED) is 0.644. The molecule has 0 amide bonds. The molecule has 0 N–H and O–H groups in total. The number of nitrogens with zero attached hydrogens (tertiary/aromatic N) is 3. The summed E-state index contributed by atoms with van der Waals surface area (Å²) in [6.45, 7) is 6.45. The molecule has 0 saturated carbocycles. The van der Waals surface area contributed by atoms with Gasteiger partial charge >= 0.3 is 0 Å². The molecule has 0 fully saturated rings. The van der Waals surface area contributed by atoms with Crippen molar-refractivity contribution in [2.75, 3.05) is 0 Å². The van der Waals surface area contributed by atoms with E-state index in [1.165, 1.54) is 0 Å². The van der Waals surface area contributed by atoms with E-state index in [0.717, 1.165) is 15.4 Å². The summed E-state index contributed by atoms with van der Waals surface area (Å²) in [6.07, 6.45) is 1.68. The van der Waals surface area contributed by atoms with Crippen molar-refractivity contribution in [1.82, 2.24) is 15.2 Å². The van der Waals surface area contributed by atoms with Gasteiger partial charge in [0.15, 0.2) is 4.83 Å². The third kappa shape index (κ3) is 1.54. The first-order valence-corrected chi connectivity index (χ1v) is 4.98. The number of rotatable bonds is 0. The molecule has 0 atom stereocenters. The molecule has 0 unspecified atom stereocenters. The molecule has 4 heteroatoms. The Balaban J connectivity index is 2.63. The van der Waals surface area contributed by atoms with E-state index in [9.17, 15) is 0 Å². The predicted octanol–water partition coefficient (Wildman–Crippen LogP) is 2.38. The molecule has 0 saturated heterocycles. The van der Waals surface area contributed by atoms with Crippen LogP contribution in [0.2, 0.25) is 0 Å². The van der Waals surface area contributed by atoms with E-state index >= 15 is 0 Å². The van der Waals surface area contributed by atoms with Crippen molar-refractivity contribution >= 4 is 21.7 Å². The zero-order chi connectivity index (χ0) is 9.47. The molecule has 0 spiro atoms. The first kappa shape index (κ1) is 8.56. The van der Waals surface area contributed by atoms with E-state index in [1.54, 1.807) is 17.5 Å². The molecule has 2 rings (SSSR count). The minimum absolute atomic E-state index is 0.103. The average Bonchev–Trinajstić information content (AvgIpc) is 2.45. The van der Waals surface area contributed by atoms with Crippen molar-refractivity contribution in [2.45, 2.75) is 26.2 Å². The summed E-state index contributed by atoms with van der Waals surface area (Å²) in [5.74, 6) is 0. The van der Waals surface area contributed by atoms with Crippen LogP contribution in [-0.2, 0) is 5.41 Å². The summed E-state index contributed by atoms with van der Waals surface area (Å²) in [5, 5.41) is 8.96. The Hall–Kier alpha value is -1.03. The Kier molecular flexibility index (Phi) is 1.80. The van der Waals surface area contributed by atoms with Crippen LogP contribution in [0.5, 0.6) is 0 Å². The molecular weight excluding hydrogens is 182 g/mol. The van der Waals surface area contributed by atoms with Gasteiger partial charge in [-0.05, 0) is 6.07 Å². The predicted molar refractivity (Wildman–Crippen MR) is 53.9 cm³/mol. The highest BCUT2D eigenvalue weighted by atomic mass is 32.1. The number of hydrogen-bond donors (Lipinski definition) is 0. The minimum Gasteiger partial charge on any atom is -0.239 e. The van der Waals surface area contributed by atoms with Gasteiger partial charge in [0.05, 0.1) is 6.20 Å². The number of hydrogen-bond acceptors (Lipinski definition) is 4. The lowest BCUT2D eigenvalue weighted by Gasteiger charge is -2.12. The lowest BCUT2D eigenvalue weighted by Crippen LogP contribution is -2.09. The monoisotopic (exact) mass is 193 g/mol. The number of aromatic nitrogens is 3. The van der Waals surface area contributed by atoms with E-state index in [-0.39, 0.29) is 5.41 Å². The molecule has 2 aromatic heterocycles. The maximum atomic E-state index is 4.50. The molecule has 2 aromatic rings. The van der Waals surface area contributed by atoms with Gasteiger partial charge in [0.1, 0.15) is 10.5 Å². The highest BCUT2D eigenvalue weighted by Crippen LogP contribution is 2.29. The van der Waals surface area contributed by atoms with Gasteiger partial charge in [-0.3, -0.25) is 0 Å². The smallest absolute Gasteiger partial charge is 0.166 e. The molecule has 0 aliphatic heterocycles. The largest absolute Gasteiger partial charge is 0.239 e. The van der Waals surface area contributed by atoms with Crippen molar-refractivity contribution in [1.29, 1.82) is 0 Å². The average molecular weight is 193 g/mol. The standard InChI is InChI=1S/C9H11N3S/c1-9(2,3)8-11-6-4-5-10-12-7(6)13-8/h4-5H,1-3H3. The van der Waals surface area contributed by atoms with Gasteiger partial charge < -0.3 is 0 Å². The van der Waals surface area contributed by atoms with E-state index in [4.69, 9.17) is 0 Å². The van der Waals surface area contributed by atoms with Crippen LogP contribution in [0.3, 0.4) is 0 Å². The first-order valence-electron chi connectivity index (χ1n) is 4.16. The summed E-state index contributed by atoms with van der Waals surface area (Å²) in [5.41, 5.74) is 1.05.